The molecule has 4 heteroatoms. The van der Waals surface area contributed by atoms with E-state index < -0.39 is 23.9 Å². The second kappa shape index (κ2) is 4.15. The summed E-state index contributed by atoms with van der Waals surface area (Å²) in [6, 6.07) is 5.41. The number of aliphatic hydroxyl groups excluding tert-OH is 2. The van der Waals surface area contributed by atoms with E-state index >= 15 is 0 Å². The first-order valence-corrected chi connectivity index (χ1v) is 4.79. The van der Waals surface area contributed by atoms with E-state index in [2.05, 4.69) is 0 Å². The second-order valence-electron chi connectivity index (χ2n) is 3.57. The van der Waals surface area contributed by atoms with Crippen molar-refractivity contribution in [3.8, 4) is 0 Å². The number of aliphatic hydroxyl groups is 2. The average molecular weight is 224 g/mol. The molecular formula is C12H10F2O2. The molecule has 84 valence electrons. The van der Waals surface area contributed by atoms with E-state index in [1.807, 2.05) is 0 Å². The van der Waals surface area contributed by atoms with Crippen LogP contribution in [0.1, 0.15) is 5.56 Å². The van der Waals surface area contributed by atoms with Gasteiger partial charge in [-0.2, -0.15) is 0 Å². The molecule has 0 fully saturated rings. The van der Waals surface area contributed by atoms with E-state index in [9.17, 15) is 19.0 Å². The SMILES string of the molecule is O[C@@H]1C(c2ccc(F)cc2)=CC=C(F)[C@@H]1O. The molecule has 0 spiro atoms. The molecule has 2 atom stereocenters. The second-order valence-corrected chi connectivity index (χ2v) is 3.57. The first kappa shape index (κ1) is 11.0. The highest BCUT2D eigenvalue weighted by molar-refractivity contribution is 5.72. The van der Waals surface area contributed by atoms with Crippen LogP contribution in [0, 0.1) is 5.82 Å². The number of rotatable bonds is 1. The van der Waals surface area contributed by atoms with Gasteiger partial charge >= 0.3 is 0 Å². The molecule has 2 N–H and O–H groups in total. The summed E-state index contributed by atoms with van der Waals surface area (Å²) in [4.78, 5) is 0. The fraction of sp³-hybridized carbons (Fsp3) is 0.167. The largest absolute Gasteiger partial charge is 0.385 e. The Morgan fingerprint density at radius 1 is 0.875 bits per heavy atom. The molecule has 16 heavy (non-hydrogen) atoms. The third-order valence-corrected chi connectivity index (χ3v) is 2.50. The van der Waals surface area contributed by atoms with Crippen molar-refractivity contribution in [2.24, 2.45) is 0 Å². The number of hydrogen-bond donors (Lipinski definition) is 2. The molecule has 0 saturated carbocycles. The van der Waals surface area contributed by atoms with Gasteiger partial charge in [0.05, 0.1) is 0 Å². The summed E-state index contributed by atoms with van der Waals surface area (Å²) < 4.78 is 25.6. The van der Waals surface area contributed by atoms with Crippen molar-refractivity contribution in [1.29, 1.82) is 0 Å². The standard InChI is InChI=1S/C12H10F2O2/c13-8-3-1-7(2-4-8)9-5-6-10(14)12(16)11(9)15/h1-6,11-12,15-16H/t11-,12+/m1/s1. The van der Waals surface area contributed by atoms with Crippen molar-refractivity contribution in [1.82, 2.24) is 0 Å². The van der Waals surface area contributed by atoms with Crippen LogP contribution in [-0.2, 0) is 0 Å². The van der Waals surface area contributed by atoms with Gasteiger partial charge in [-0.15, -0.1) is 0 Å². The molecule has 0 radical (unpaired) electrons. The molecule has 0 bridgehead atoms. The van der Waals surface area contributed by atoms with Crippen LogP contribution in [0.4, 0.5) is 8.78 Å². The summed E-state index contributed by atoms with van der Waals surface area (Å²) in [5, 5.41) is 19.0. The molecule has 0 heterocycles. The van der Waals surface area contributed by atoms with E-state index in [0.29, 0.717) is 11.1 Å². The summed E-state index contributed by atoms with van der Waals surface area (Å²) in [5.41, 5.74) is 0.922. The van der Waals surface area contributed by atoms with Gasteiger partial charge in [0.15, 0.2) is 0 Å². The zero-order valence-corrected chi connectivity index (χ0v) is 8.27. The molecule has 0 saturated heterocycles. The fourth-order valence-electron chi connectivity index (χ4n) is 1.60. The summed E-state index contributed by atoms with van der Waals surface area (Å²) in [6.45, 7) is 0. The lowest BCUT2D eigenvalue weighted by atomic mass is 9.92. The van der Waals surface area contributed by atoms with Gasteiger partial charge in [0.1, 0.15) is 23.9 Å². The van der Waals surface area contributed by atoms with Crippen molar-refractivity contribution in [3.05, 3.63) is 53.6 Å². The quantitative estimate of drug-likeness (QED) is 0.763. The fourth-order valence-corrected chi connectivity index (χ4v) is 1.60. The zero-order valence-electron chi connectivity index (χ0n) is 8.27. The van der Waals surface area contributed by atoms with Gasteiger partial charge in [0.25, 0.3) is 0 Å². The number of hydrogen-bond acceptors (Lipinski definition) is 2. The smallest absolute Gasteiger partial charge is 0.135 e. The average Bonchev–Trinajstić information content (AvgIpc) is 2.28. The highest BCUT2D eigenvalue weighted by Gasteiger charge is 2.27. The first-order valence-electron chi connectivity index (χ1n) is 4.79. The predicted molar refractivity (Wildman–Crippen MR) is 55.6 cm³/mol. The predicted octanol–water partition coefficient (Wildman–Crippen LogP) is 1.80. The van der Waals surface area contributed by atoms with Gasteiger partial charge in [-0.25, -0.2) is 8.78 Å². The van der Waals surface area contributed by atoms with Crippen LogP contribution in [0.5, 0.6) is 0 Å². The first-order chi connectivity index (χ1) is 7.59. The molecule has 2 rings (SSSR count). The van der Waals surface area contributed by atoms with Crippen molar-refractivity contribution in [2.45, 2.75) is 12.2 Å². The van der Waals surface area contributed by atoms with Crippen molar-refractivity contribution in [3.63, 3.8) is 0 Å². The van der Waals surface area contributed by atoms with Gasteiger partial charge in [0, 0.05) is 0 Å². The van der Waals surface area contributed by atoms with Crippen molar-refractivity contribution in [2.75, 3.05) is 0 Å². The molecule has 0 aliphatic heterocycles. The number of halogens is 2. The normalized spacial score (nSPS) is 25.0. The van der Waals surface area contributed by atoms with Crippen molar-refractivity contribution >= 4 is 5.57 Å². The van der Waals surface area contributed by atoms with Crippen LogP contribution < -0.4 is 0 Å². The van der Waals surface area contributed by atoms with Gasteiger partial charge in [-0.05, 0) is 29.3 Å². The minimum atomic E-state index is -1.55. The lowest BCUT2D eigenvalue weighted by molar-refractivity contribution is 0.0628. The molecule has 1 aliphatic rings. The monoisotopic (exact) mass is 224 g/mol. The Balaban J connectivity index is 2.38. The van der Waals surface area contributed by atoms with Crippen LogP contribution in [-0.4, -0.2) is 22.4 Å². The Kier molecular flexibility index (Phi) is 2.85. The van der Waals surface area contributed by atoms with Crippen LogP contribution in [0.15, 0.2) is 42.2 Å². The molecule has 1 aromatic rings. The maximum atomic E-state index is 12.9. The van der Waals surface area contributed by atoms with Crippen LogP contribution in [0.3, 0.4) is 0 Å². The van der Waals surface area contributed by atoms with E-state index in [-0.39, 0.29) is 0 Å². The molecule has 2 nitrogen and oxygen atoms in total. The maximum absolute atomic E-state index is 12.9. The molecular weight excluding hydrogens is 214 g/mol. The highest BCUT2D eigenvalue weighted by Crippen LogP contribution is 2.28. The number of allylic oxidation sites excluding steroid dienone is 2. The minimum Gasteiger partial charge on any atom is -0.385 e. The molecule has 0 amide bonds. The lowest BCUT2D eigenvalue weighted by Crippen LogP contribution is -2.29. The Labute approximate surface area is 91.2 Å². The minimum absolute atomic E-state index is 0.369. The van der Waals surface area contributed by atoms with Gasteiger partial charge < -0.3 is 10.2 Å². The Morgan fingerprint density at radius 2 is 1.50 bits per heavy atom. The van der Waals surface area contributed by atoms with Crippen LogP contribution in [0.2, 0.25) is 0 Å². The Morgan fingerprint density at radius 3 is 2.12 bits per heavy atom. The summed E-state index contributed by atoms with van der Waals surface area (Å²) in [6.07, 6.45) is -0.406. The van der Waals surface area contributed by atoms with Gasteiger partial charge in [0.2, 0.25) is 0 Å². The third-order valence-electron chi connectivity index (χ3n) is 2.50. The topological polar surface area (TPSA) is 40.5 Å². The third kappa shape index (κ3) is 1.89. The lowest BCUT2D eigenvalue weighted by Gasteiger charge is -2.22. The van der Waals surface area contributed by atoms with E-state index in [0.717, 1.165) is 6.08 Å². The molecule has 1 aromatic carbocycles. The number of benzene rings is 1. The summed E-state index contributed by atoms with van der Waals surface area (Å²) in [5.74, 6) is -1.17. The summed E-state index contributed by atoms with van der Waals surface area (Å²) in [7, 11) is 0. The summed E-state index contributed by atoms with van der Waals surface area (Å²) >= 11 is 0. The molecule has 1 aliphatic carbocycles. The Bertz CT molecular complexity index is 449. The van der Waals surface area contributed by atoms with Gasteiger partial charge in [-0.3, -0.25) is 0 Å². The zero-order chi connectivity index (χ0) is 11.7. The van der Waals surface area contributed by atoms with Crippen molar-refractivity contribution < 1.29 is 19.0 Å². The van der Waals surface area contributed by atoms with E-state index in [1.54, 1.807) is 0 Å². The maximum Gasteiger partial charge on any atom is 0.135 e. The Hall–Kier alpha value is -1.52. The molecule has 0 aromatic heterocycles. The molecule has 0 unspecified atom stereocenters. The van der Waals surface area contributed by atoms with Gasteiger partial charge in [-0.1, -0.05) is 18.2 Å². The van der Waals surface area contributed by atoms with E-state index in [1.165, 1.54) is 30.3 Å². The van der Waals surface area contributed by atoms with Crippen LogP contribution >= 0.6 is 0 Å². The highest BCUT2D eigenvalue weighted by atomic mass is 19.1. The van der Waals surface area contributed by atoms with Crippen LogP contribution in [0.25, 0.3) is 5.57 Å². The van der Waals surface area contributed by atoms with E-state index in [4.69, 9.17) is 0 Å².